The van der Waals surface area contributed by atoms with Crippen LogP contribution in [0.5, 0.6) is 11.5 Å². The van der Waals surface area contributed by atoms with E-state index in [2.05, 4.69) is 15.3 Å². The van der Waals surface area contributed by atoms with Gasteiger partial charge < -0.3 is 15.2 Å². The van der Waals surface area contributed by atoms with Crippen LogP contribution in [0, 0.1) is 0 Å². The fourth-order valence-electron chi connectivity index (χ4n) is 2.25. The van der Waals surface area contributed by atoms with Crippen molar-refractivity contribution in [3.8, 4) is 22.8 Å². The van der Waals surface area contributed by atoms with E-state index in [1.165, 1.54) is 12.1 Å². The lowest BCUT2D eigenvalue weighted by Crippen LogP contribution is -2.11. The van der Waals surface area contributed by atoms with Gasteiger partial charge in [-0.25, -0.2) is 9.97 Å². The molecule has 0 unspecified atom stereocenters. The molecular weight excluding hydrogens is 324 g/mol. The second-order valence-electron chi connectivity index (χ2n) is 5.12. The van der Waals surface area contributed by atoms with Crippen molar-refractivity contribution in [2.24, 2.45) is 0 Å². The molecule has 2 aromatic carbocycles. The van der Waals surface area contributed by atoms with E-state index in [1.807, 2.05) is 24.3 Å². The van der Waals surface area contributed by atoms with E-state index in [9.17, 15) is 5.11 Å². The minimum atomic E-state index is -0.266. The van der Waals surface area contributed by atoms with E-state index in [-0.39, 0.29) is 16.7 Å². The van der Waals surface area contributed by atoms with Crippen LogP contribution in [0.2, 0.25) is 0 Å². The molecule has 0 atom stereocenters. The molecule has 1 aromatic heterocycles. The zero-order valence-corrected chi connectivity index (χ0v) is 13.3. The average molecular weight is 340 g/mol. The van der Waals surface area contributed by atoms with Gasteiger partial charge in [0.1, 0.15) is 17.2 Å². The van der Waals surface area contributed by atoms with Crippen LogP contribution < -0.4 is 15.3 Å². The summed E-state index contributed by atoms with van der Waals surface area (Å²) in [6.45, 7) is 0. The maximum Gasteiger partial charge on any atom is 0.227 e. The summed E-state index contributed by atoms with van der Waals surface area (Å²) < 4.78 is 5.18. The third kappa shape index (κ3) is 3.77. The highest BCUT2D eigenvalue weighted by molar-refractivity contribution is 5.70. The Morgan fingerprint density at radius 3 is 2.68 bits per heavy atom. The number of benzene rings is 2. The molecule has 0 saturated carbocycles. The minimum absolute atomic E-state index is 0.143. The highest BCUT2D eigenvalue weighted by Crippen LogP contribution is 2.31. The van der Waals surface area contributed by atoms with E-state index in [0.717, 1.165) is 5.69 Å². The third-order valence-electron chi connectivity index (χ3n) is 3.47. The lowest BCUT2D eigenvalue weighted by Gasteiger charge is -2.12. The Bertz CT molecular complexity index is 886. The third-order valence-corrected chi connectivity index (χ3v) is 3.47. The van der Waals surface area contributed by atoms with Gasteiger partial charge in [-0.05, 0) is 36.4 Å². The highest BCUT2D eigenvalue weighted by Gasteiger charge is 2.10. The molecule has 0 fully saturated rings. The number of methoxy groups -OCH3 is 1. The van der Waals surface area contributed by atoms with Crippen molar-refractivity contribution < 1.29 is 20.3 Å². The summed E-state index contributed by atoms with van der Waals surface area (Å²) in [5.74, 6) is 0.804. The van der Waals surface area contributed by atoms with Crippen LogP contribution in [0.25, 0.3) is 11.3 Å². The number of hydrogen-bond acceptors (Lipinski definition) is 8. The fraction of sp³-hybridized carbons (Fsp3) is 0.0588. The lowest BCUT2D eigenvalue weighted by molar-refractivity contribution is 0.0280. The van der Waals surface area contributed by atoms with Crippen LogP contribution in [-0.4, -0.2) is 32.6 Å². The molecule has 4 N–H and O–H groups in total. The number of aromatic hydroxyl groups is 1. The topological polar surface area (TPSA) is 111 Å². The van der Waals surface area contributed by atoms with Gasteiger partial charge in [0.15, 0.2) is 0 Å². The Hall–Kier alpha value is -3.36. The van der Waals surface area contributed by atoms with Crippen molar-refractivity contribution in [1.29, 1.82) is 0 Å². The SMILES string of the molecule is COc1cccc(Nc2nccc(-c3ccc(O)c(N(O)O)c3)n2)c1. The number of anilines is 3. The van der Waals surface area contributed by atoms with Crippen molar-refractivity contribution in [2.45, 2.75) is 0 Å². The summed E-state index contributed by atoms with van der Waals surface area (Å²) in [5, 5.41) is 30.9. The van der Waals surface area contributed by atoms with Gasteiger partial charge in [0.25, 0.3) is 0 Å². The first-order chi connectivity index (χ1) is 12.1. The lowest BCUT2D eigenvalue weighted by atomic mass is 10.1. The maximum atomic E-state index is 9.63. The second kappa shape index (κ2) is 7.04. The Labute approximate surface area is 143 Å². The average Bonchev–Trinajstić information content (AvgIpc) is 2.62. The van der Waals surface area contributed by atoms with Gasteiger partial charge in [-0.1, -0.05) is 6.07 Å². The summed E-state index contributed by atoms with van der Waals surface area (Å²) >= 11 is 0. The Kier molecular flexibility index (Phi) is 4.64. The van der Waals surface area contributed by atoms with Crippen molar-refractivity contribution in [3.63, 3.8) is 0 Å². The van der Waals surface area contributed by atoms with Crippen LogP contribution in [0.3, 0.4) is 0 Å². The van der Waals surface area contributed by atoms with E-state index in [1.54, 1.807) is 25.4 Å². The highest BCUT2D eigenvalue weighted by atomic mass is 16.8. The monoisotopic (exact) mass is 340 g/mol. The number of ether oxygens (including phenoxy) is 1. The van der Waals surface area contributed by atoms with E-state index < -0.39 is 0 Å². The Balaban J connectivity index is 1.90. The van der Waals surface area contributed by atoms with Crippen LogP contribution in [-0.2, 0) is 0 Å². The first-order valence-electron chi connectivity index (χ1n) is 7.32. The summed E-state index contributed by atoms with van der Waals surface area (Å²) in [7, 11) is 1.59. The summed E-state index contributed by atoms with van der Waals surface area (Å²) in [6, 6.07) is 13.4. The largest absolute Gasteiger partial charge is 0.506 e. The van der Waals surface area contributed by atoms with E-state index in [4.69, 9.17) is 15.2 Å². The summed E-state index contributed by atoms with van der Waals surface area (Å²) in [5.41, 5.74) is 1.73. The standard InChI is InChI=1S/C17H16N4O4/c1-25-13-4-2-3-12(10-13)19-17-18-8-7-14(20-17)11-5-6-16(22)15(9-11)21(23)24/h2-10,22-24H,1H3,(H,18,19,20). The van der Waals surface area contributed by atoms with Gasteiger partial charge >= 0.3 is 0 Å². The fourth-order valence-corrected chi connectivity index (χ4v) is 2.25. The zero-order valence-electron chi connectivity index (χ0n) is 13.3. The molecule has 25 heavy (non-hydrogen) atoms. The molecule has 8 heteroatoms. The Morgan fingerprint density at radius 2 is 1.92 bits per heavy atom. The second-order valence-corrected chi connectivity index (χ2v) is 5.12. The molecule has 0 aliphatic heterocycles. The molecule has 0 saturated heterocycles. The molecule has 0 bridgehead atoms. The summed E-state index contributed by atoms with van der Waals surface area (Å²) in [4.78, 5) is 8.57. The molecule has 0 spiro atoms. The van der Waals surface area contributed by atoms with Crippen LogP contribution >= 0.6 is 0 Å². The molecule has 8 nitrogen and oxygen atoms in total. The number of rotatable bonds is 5. The van der Waals surface area contributed by atoms with Crippen molar-refractivity contribution in [3.05, 3.63) is 54.7 Å². The molecule has 1 heterocycles. The molecule has 0 amide bonds. The van der Waals surface area contributed by atoms with Crippen molar-refractivity contribution in [2.75, 3.05) is 17.7 Å². The molecule has 128 valence electrons. The van der Waals surface area contributed by atoms with Crippen molar-refractivity contribution in [1.82, 2.24) is 9.97 Å². The number of phenols is 1. The molecule has 3 aromatic rings. The van der Waals surface area contributed by atoms with Gasteiger partial charge in [0, 0.05) is 23.5 Å². The number of aromatic nitrogens is 2. The first-order valence-corrected chi connectivity index (χ1v) is 7.32. The van der Waals surface area contributed by atoms with E-state index in [0.29, 0.717) is 23.0 Å². The van der Waals surface area contributed by atoms with Crippen molar-refractivity contribution >= 4 is 17.3 Å². The molecule has 0 radical (unpaired) electrons. The predicted octanol–water partition coefficient (Wildman–Crippen LogP) is 3.19. The normalized spacial score (nSPS) is 10.4. The predicted molar refractivity (Wildman–Crippen MR) is 91.5 cm³/mol. The number of nitrogens with zero attached hydrogens (tertiary/aromatic N) is 3. The van der Waals surface area contributed by atoms with Gasteiger partial charge in [-0.15, -0.1) is 5.23 Å². The molecular formula is C17H16N4O4. The number of phenolic OH excluding ortho intramolecular Hbond substituents is 1. The smallest absolute Gasteiger partial charge is 0.227 e. The number of hydrogen-bond donors (Lipinski definition) is 4. The van der Waals surface area contributed by atoms with Gasteiger partial charge in [-0.2, -0.15) is 0 Å². The van der Waals surface area contributed by atoms with Gasteiger partial charge in [-0.3, -0.25) is 10.4 Å². The van der Waals surface area contributed by atoms with Crippen LogP contribution in [0.1, 0.15) is 0 Å². The van der Waals surface area contributed by atoms with Gasteiger partial charge in [0.2, 0.25) is 5.95 Å². The first kappa shape index (κ1) is 16.5. The van der Waals surface area contributed by atoms with Crippen LogP contribution in [0.15, 0.2) is 54.7 Å². The summed E-state index contributed by atoms with van der Waals surface area (Å²) in [6.07, 6.45) is 1.58. The molecule has 3 rings (SSSR count). The van der Waals surface area contributed by atoms with E-state index >= 15 is 0 Å². The minimum Gasteiger partial charge on any atom is -0.506 e. The van der Waals surface area contributed by atoms with Gasteiger partial charge in [0.05, 0.1) is 12.8 Å². The molecule has 0 aliphatic carbocycles. The molecule has 0 aliphatic rings. The zero-order chi connectivity index (χ0) is 17.8. The van der Waals surface area contributed by atoms with Crippen LogP contribution in [0.4, 0.5) is 17.3 Å². The quantitative estimate of drug-likeness (QED) is 0.524. The Morgan fingerprint density at radius 1 is 1.08 bits per heavy atom. The number of nitrogens with one attached hydrogen (secondary N) is 1. The maximum absolute atomic E-state index is 9.63.